The van der Waals surface area contributed by atoms with Gasteiger partial charge in [0.25, 0.3) is 0 Å². The van der Waals surface area contributed by atoms with Gasteiger partial charge in [0, 0.05) is 19.0 Å². The highest BCUT2D eigenvalue weighted by Gasteiger charge is 2.27. The van der Waals surface area contributed by atoms with Gasteiger partial charge >= 0.3 is 5.97 Å². The highest BCUT2D eigenvalue weighted by atomic mass is 19.1. The highest BCUT2D eigenvalue weighted by Crippen LogP contribution is 2.28. The Hall–Kier alpha value is -2.35. The van der Waals surface area contributed by atoms with Crippen molar-refractivity contribution in [2.45, 2.75) is 70.6 Å². The van der Waals surface area contributed by atoms with E-state index in [1.54, 1.807) is 25.1 Å². The number of aliphatic hydroxyl groups excluding tert-OH is 1. The third kappa shape index (κ3) is 7.32. The number of aliphatic carboxylic acids is 1. The summed E-state index contributed by atoms with van der Waals surface area (Å²) in [6.07, 6.45) is 2.43. The minimum Gasteiger partial charge on any atom is -0.481 e. The lowest BCUT2D eigenvalue weighted by molar-refractivity contribution is -0.136. The third-order valence-electron chi connectivity index (χ3n) is 6.58. The summed E-state index contributed by atoms with van der Waals surface area (Å²) in [6, 6.07) is 9.93. The molecule has 2 aromatic rings. The van der Waals surface area contributed by atoms with E-state index in [9.17, 15) is 18.7 Å². The third-order valence-corrected chi connectivity index (χ3v) is 6.58. The van der Waals surface area contributed by atoms with Crippen molar-refractivity contribution >= 4 is 5.97 Å². The van der Waals surface area contributed by atoms with Crippen LogP contribution in [0.25, 0.3) is 0 Å². The maximum Gasteiger partial charge on any atom is 0.303 e. The second-order valence-electron chi connectivity index (χ2n) is 9.20. The maximum absolute atomic E-state index is 13.9. The van der Waals surface area contributed by atoms with Crippen LogP contribution in [0.4, 0.5) is 8.78 Å². The number of aliphatic hydroxyl groups is 1. The molecule has 2 aromatic carbocycles. The lowest BCUT2D eigenvalue weighted by Gasteiger charge is -2.28. The smallest absolute Gasteiger partial charge is 0.303 e. The lowest BCUT2D eigenvalue weighted by atomic mass is 9.97. The number of rotatable bonds is 12. The Bertz CT molecular complexity index is 968. The summed E-state index contributed by atoms with van der Waals surface area (Å²) in [6.45, 7) is 5.08. The second-order valence-corrected chi connectivity index (χ2v) is 9.20. The molecule has 1 aliphatic rings. The van der Waals surface area contributed by atoms with Crippen LogP contribution in [0.5, 0.6) is 0 Å². The van der Waals surface area contributed by atoms with Crippen molar-refractivity contribution in [1.29, 1.82) is 0 Å². The largest absolute Gasteiger partial charge is 0.481 e. The molecule has 0 bridgehead atoms. The van der Waals surface area contributed by atoms with Crippen LogP contribution < -0.4 is 0 Å². The van der Waals surface area contributed by atoms with Crippen LogP contribution in [0.3, 0.4) is 0 Å². The van der Waals surface area contributed by atoms with E-state index in [0.29, 0.717) is 30.5 Å². The number of halogens is 2. The molecular formula is C27H35F2NO4. The molecule has 186 valence electrons. The van der Waals surface area contributed by atoms with Crippen LogP contribution in [0.2, 0.25) is 0 Å². The number of benzene rings is 2. The number of carboxylic acid groups (broad SMARTS) is 1. The zero-order valence-electron chi connectivity index (χ0n) is 20.0. The number of aryl methyl sites for hydroxylation is 2. The van der Waals surface area contributed by atoms with Crippen molar-refractivity contribution in [3.63, 3.8) is 0 Å². The Morgan fingerprint density at radius 2 is 2.03 bits per heavy atom. The Morgan fingerprint density at radius 3 is 2.74 bits per heavy atom. The van der Waals surface area contributed by atoms with Crippen molar-refractivity contribution < 1.29 is 28.5 Å². The van der Waals surface area contributed by atoms with Crippen LogP contribution in [0.1, 0.15) is 61.0 Å². The molecule has 0 unspecified atom stereocenters. The van der Waals surface area contributed by atoms with E-state index in [0.717, 1.165) is 36.9 Å². The van der Waals surface area contributed by atoms with Gasteiger partial charge in [0.2, 0.25) is 0 Å². The quantitative estimate of drug-likeness (QED) is 0.460. The van der Waals surface area contributed by atoms with Gasteiger partial charge in [0.05, 0.1) is 18.8 Å². The van der Waals surface area contributed by atoms with Gasteiger partial charge in [0.15, 0.2) is 0 Å². The predicted molar refractivity (Wildman–Crippen MR) is 127 cm³/mol. The predicted octanol–water partition coefficient (Wildman–Crippen LogP) is 4.83. The zero-order chi connectivity index (χ0) is 24.7. The summed E-state index contributed by atoms with van der Waals surface area (Å²) in [5, 5.41) is 19.7. The lowest BCUT2D eigenvalue weighted by Crippen LogP contribution is -2.39. The first-order valence-electron chi connectivity index (χ1n) is 12.1. The normalized spacial score (nSPS) is 18.2. The molecule has 2 N–H and O–H groups in total. The fourth-order valence-electron chi connectivity index (χ4n) is 4.72. The Kier molecular flexibility index (Phi) is 9.56. The van der Waals surface area contributed by atoms with E-state index in [1.807, 2.05) is 13.0 Å². The molecule has 0 spiro atoms. The fourth-order valence-corrected chi connectivity index (χ4v) is 4.72. The van der Waals surface area contributed by atoms with Crippen molar-refractivity contribution in [3.8, 4) is 0 Å². The number of carbonyl (C=O) groups is 1. The van der Waals surface area contributed by atoms with E-state index in [1.165, 1.54) is 12.1 Å². The summed E-state index contributed by atoms with van der Waals surface area (Å²) < 4.78 is 33.9. The van der Waals surface area contributed by atoms with Crippen LogP contribution in [0, 0.1) is 18.6 Å². The summed E-state index contributed by atoms with van der Waals surface area (Å²) >= 11 is 0. The van der Waals surface area contributed by atoms with Crippen LogP contribution in [0.15, 0.2) is 36.4 Å². The zero-order valence-corrected chi connectivity index (χ0v) is 20.0. The van der Waals surface area contributed by atoms with Crippen molar-refractivity contribution in [1.82, 2.24) is 4.90 Å². The van der Waals surface area contributed by atoms with Gasteiger partial charge in [-0.05, 0) is 86.0 Å². The first-order valence-corrected chi connectivity index (χ1v) is 12.1. The molecule has 1 fully saturated rings. The SMILES string of the molecule is CC[C@@H](OC[C@H](O)CN1CCC[C@H]1Cc1ccc(C)c(F)c1)c1cc(F)ccc1CCC(=O)O. The van der Waals surface area contributed by atoms with Crippen LogP contribution in [-0.2, 0) is 22.4 Å². The monoisotopic (exact) mass is 475 g/mol. The molecule has 34 heavy (non-hydrogen) atoms. The Morgan fingerprint density at radius 1 is 1.24 bits per heavy atom. The van der Waals surface area contributed by atoms with Gasteiger partial charge < -0.3 is 14.9 Å². The summed E-state index contributed by atoms with van der Waals surface area (Å²) in [4.78, 5) is 13.2. The number of likely N-dealkylation sites (tertiary alicyclic amines) is 1. The minimum atomic E-state index is -0.909. The number of β-amino-alcohol motifs (C(OH)–C–C–N with tert-alkyl or cyclic N) is 1. The fraction of sp³-hybridized carbons (Fsp3) is 0.519. The van der Waals surface area contributed by atoms with Gasteiger partial charge in [-0.2, -0.15) is 0 Å². The molecule has 0 aliphatic carbocycles. The van der Waals surface area contributed by atoms with E-state index in [4.69, 9.17) is 9.84 Å². The van der Waals surface area contributed by atoms with E-state index in [2.05, 4.69) is 4.90 Å². The number of nitrogens with zero attached hydrogens (tertiary/aromatic N) is 1. The number of ether oxygens (including phenoxy) is 1. The molecule has 1 heterocycles. The molecule has 3 rings (SSSR count). The van der Waals surface area contributed by atoms with Crippen LogP contribution >= 0.6 is 0 Å². The average Bonchev–Trinajstić information content (AvgIpc) is 3.22. The number of hydrogen-bond donors (Lipinski definition) is 2. The van der Waals surface area contributed by atoms with Crippen LogP contribution in [-0.4, -0.2) is 52.9 Å². The summed E-state index contributed by atoms with van der Waals surface area (Å²) in [7, 11) is 0. The van der Waals surface area contributed by atoms with Crippen molar-refractivity contribution in [2.24, 2.45) is 0 Å². The van der Waals surface area contributed by atoms with Crippen molar-refractivity contribution in [2.75, 3.05) is 19.7 Å². The topological polar surface area (TPSA) is 70.0 Å². The standard InChI is InChI=1S/C27H35F2NO4/c1-3-26(24-15-21(28)10-8-20(24)9-11-27(32)33)34-17-23(31)16-30-12-4-5-22(30)13-19-7-6-18(2)25(29)14-19/h6-8,10,14-15,22-23,26,31H,3-5,9,11-13,16-17H2,1-2H3,(H,32,33)/t22-,23+,26+/m0/s1. The minimum absolute atomic E-state index is 0.0427. The number of hydrogen-bond acceptors (Lipinski definition) is 4. The highest BCUT2D eigenvalue weighted by molar-refractivity contribution is 5.67. The number of carboxylic acids is 1. The molecule has 0 saturated carbocycles. The molecule has 0 aromatic heterocycles. The Labute approximate surface area is 200 Å². The average molecular weight is 476 g/mol. The molecule has 3 atom stereocenters. The molecule has 1 aliphatic heterocycles. The van der Waals surface area contributed by atoms with E-state index in [-0.39, 0.29) is 24.9 Å². The summed E-state index contributed by atoms with van der Waals surface area (Å²) in [5.41, 5.74) is 2.97. The van der Waals surface area contributed by atoms with E-state index < -0.39 is 24.0 Å². The van der Waals surface area contributed by atoms with Gasteiger partial charge in [-0.25, -0.2) is 8.78 Å². The van der Waals surface area contributed by atoms with Gasteiger partial charge in [0.1, 0.15) is 11.6 Å². The van der Waals surface area contributed by atoms with Gasteiger partial charge in [-0.1, -0.05) is 25.1 Å². The Balaban J connectivity index is 1.57. The van der Waals surface area contributed by atoms with Crippen molar-refractivity contribution in [3.05, 3.63) is 70.3 Å². The van der Waals surface area contributed by atoms with Gasteiger partial charge in [-0.3, -0.25) is 9.69 Å². The van der Waals surface area contributed by atoms with Gasteiger partial charge in [-0.15, -0.1) is 0 Å². The first kappa shape index (κ1) is 26.3. The second kappa shape index (κ2) is 12.4. The molecular weight excluding hydrogens is 440 g/mol. The maximum atomic E-state index is 13.9. The molecule has 0 amide bonds. The molecule has 7 heteroatoms. The first-order chi connectivity index (χ1) is 16.3. The summed E-state index contributed by atoms with van der Waals surface area (Å²) in [5.74, 6) is -1.50. The van der Waals surface area contributed by atoms with E-state index >= 15 is 0 Å². The molecule has 1 saturated heterocycles. The molecule has 0 radical (unpaired) electrons. The molecule has 5 nitrogen and oxygen atoms in total.